The monoisotopic (exact) mass is 533 g/mol. The number of halogens is 3. The molecule has 0 fully saturated rings. The largest absolute Gasteiger partial charge is 0.354 e. The zero-order valence-electron chi connectivity index (χ0n) is 18.5. The molecule has 11 heteroatoms. The zero-order chi connectivity index (χ0) is 24.8. The molecule has 2 aromatic carbocycles. The minimum Gasteiger partial charge on any atom is -0.354 e. The summed E-state index contributed by atoms with van der Waals surface area (Å²) >= 11 is 18.0. The van der Waals surface area contributed by atoms with Crippen LogP contribution in [0, 0.1) is 0 Å². The fourth-order valence-corrected chi connectivity index (χ4v) is 4.28. The van der Waals surface area contributed by atoms with Crippen molar-refractivity contribution in [1.29, 1.82) is 0 Å². The third kappa shape index (κ3) is 7.78. The molecule has 0 aliphatic heterocycles. The molecule has 0 aliphatic rings. The molecule has 0 aliphatic carbocycles. The number of rotatable bonds is 10. The molecule has 0 saturated carbocycles. The molecule has 0 bridgehead atoms. The lowest BCUT2D eigenvalue weighted by Gasteiger charge is -2.31. The Morgan fingerprint density at radius 1 is 1.03 bits per heavy atom. The molecule has 0 radical (unpaired) electrons. The Morgan fingerprint density at radius 3 is 2.21 bits per heavy atom. The van der Waals surface area contributed by atoms with Gasteiger partial charge in [0.2, 0.25) is 21.8 Å². The van der Waals surface area contributed by atoms with Crippen molar-refractivity contribution in [3.63, 3.8) is 0 Å². The fraction of sp³-hybridized carbons (Fsp3) is 0.364. The topological polar surface area (TPSA) is 86.8 Å². The van der Waals surface area contributed by atoms with Gasteiger partial charge in [0.25, 0.3) is 0 Å². The summed E-state index contributed by atoms with van der Waals surface area (Å²) in [6, 6.07) is 10.3. The second-order valence-electron chi connectivity index (χ2n) is 7.48. The third-order valence-electron chi connectivity index (χ3n) is 4.85. The predicted octanol–water partition coefficient (Wildman–Crippen LogP) is 4.36. The average molecular weight is 535 g/mol. The van der Waals surface area contributed by atoms with Gasteiger partial charge in [-0.25, -0.2) is 8.42 Å². The summed E-state index contributed by atoms with van der Waals surface area (Å²) in [5.41, 5.74) is 0.929. The maximum atomic E-state index is 13.4. The van der Waals surface area contributed by atoms with Crippen molar-refractivity contribution < 1.29 is 18.0 Å². The number of nitrogens with zero attached hydrogens (tertiary/aromatic N) is 2. The van der Waals surface area contributed by atoms with Gasteiger partial charge < -0.3 is 10.2 Å². The smallest absolute Gasteiger partial charge is 0.244 e. The van der Waals surface area contributed by atoms with Crippen LogP contribution in [0.25, 0.3) is 0 Å². The maximum Gasteiger partial charge on any atom is 0.244 e. The van der Waals surface area contributed by atoms with E-state index in [0.717, 1.165) is 22.5 Å². The minimum absolute atomic E-state index is 0.0929. The quantitative estimate of drug-likeness (QED) is 0.491. The van der Waals surface area contributed by atoms with E-state index in [0.29, 0.717) is 11.6 Å². The van der Waals surface area contributed by atoms with Gasteiger partial charge in [-0.1, -0.05) is 53.9 Å². The number of nitrogens with one attached hydrogen (secondary N) is 1. The van der Waals surface area contributed by atoms with Crippen LogP contribution in [0.2, 0.25) is 15.1 Å². The first-order valence-corrected chi connectivity index (χ1v) is 13.2. The van der Waals surface area contributed by atoms with Gasteiger partial charge in [0.1, 0.15) is 12.6 Å². The molecule has 33 heavy (non-hydrogen) atoms. The second-order valence-corrected chi connectivity index (χ2v) is 10.6. The Hall–Kier alpha value is -2.00. The summed E-state index contributed by atoms with van der Waals surface area (Å²) in [6.07, 6.45) is 1.73. The van der Waals surface area contributed by atoms with Crippen molar-refractivity contribution in [3.05, 3.63) is 63.1 Å². The number of hydrogen-bond donors (Lipinski definition) is 1. The van der Waals surface area contributed by atoms with Crippen LogP contribution in [0.5, 0.6) is 0 Å². The van der Waals surface area contributed by atoms with Crippen molar-refractivity contribution in [2.45, 2.75) is 32.9 Å². The van der Waals surface area contributed by atoms with Gasteiger partial charge in [-0.3, -0.25) is 13.9 Å². The van der Waals surface area contributed by atoms with Crippen LogP contribution < -0.4 is 9.62 Å². The Labute approximate surface area is 209 Å². The van der Waals surface area contributed by atoms with Crippen molar-refractivity contribution >= 4 is 62.3 Å². The zero-order valence-corrected chi connectivity index (χ0v) is 21.6. The molecule has 2 rings (SSSR count). The Bertz CT molecular complexity index is 1090. The highest BCUT2D eigenvalue weighted by atomic mass is 35.5. The van der Waals surface area contributed by atoms with Crippen LogP contribution in [0.3, 0.4) is 0 Å². The lowest BCUT2D eigenvalue weighted by Crippen LogP contribution is -2.51. The molecular weight excluding hydrogens is 509 g/mol. The summed E-state index contributed by atoms with van der Waals surface area (Å²) in [4.78, 5) is 27.3. The number of carbonyl (C=O) groups is 2. The molecule has 180 valence electrons. The van der Waals surface area contributed by atoms with Gasteiger partial charge in [-0.05, 0) is 49.2 Å². The van der Waals surface area contributed by atoms with Gasteiger partial charge in [0, 0.05) is 18.1 Å². The van der Waals surface area contributed by atoms with E-state index < -0.39 is 28.5 Å². The molecule has 2 amide bonds. The van der Waals surface area contributed by atoms with Crippen LogP contribution in [0.1, 0.15) is 25.8 Å². The van der Waals surface area contributed by atoms with Crippen LogP contribution >= 0.6 is 34.8 Å². The Kier molecular flexibility index (Phi) is 9.84. The van der Waals surface area contributed by atoms with Crippen molar-refractivity contribution in [1.82, 2.24) is 10.2 Å². The average Bonchev–Trinajstić information content (AvgIpc) is 2.76. The summed E-state index contributed by atoms with van der Waals surface area (Å²) < 4.78 is 26.0. The highest BCUT2D eigenvalue weighted by Gasteiger charge is 2.30. The standard InChI is InChI=1S/C22H26Cl3N3O4S/c1-4-11-26-22(30)15(2)27(13-16-5-7-17(23)8-6-16)21(29)14-28(33(3,31)32)18-9-10-19(24)20(25)12-18/h5-10,12,15H,4,11,13-14H2,1-3H3,(H,26,30)/t15-/m0/s1. The van der Waals surface area contributed by atoms with Crippen LogP contribution in [0.15, 0.2) is 42.5 Å². The number of anilines is 1. The molecule has 2 aromatic rings. The van der Waals surface area contributed by atoms with Crippen LogP contribution in [0.4, 0.5) is 5.69 Å². The van der Waals surface area contributed by atoms with E-state index in [1.54, 1.807) is 31.2 Å². The molecule has 0 aromatic heterocycles. The van der Waals surface area contributed by atoms with E-state index >= 15 is 0 Å². The normalized spacial score (nSPS) is 12.2. The first-order chi connectivity index (χ1) is 15.4. The van der Waals surface area contributed by atoms with Crippen molar-refractivity contribution in [2.75, 3.05) is 23.7 Å². The molecule has 1 atom stereocenters. The SMILES string of the molecule is CCCNC(=O)[C@H](C)N(Cc1ccc(Cl)cc1)C(=O)CN(c1ccc(Cl)c(Cl)c1)S(C)(=O)=O. The maximum absolute atomic E-state index is 13.4. The van der Waals surface area contributed by atoms with Gasteiger partial charge in [0.05, 0.1) is 22.0 Å². The number of benzene rings is 2. The van der Waals surface area contributed by atoms with E-state index in [1.165, 1.54) is 23.1 Å². The third-order valence-corrected chi connectivity index (χ3v) is 6.98. The van der Waals surface area contributed by atoms with Gasteiger partial charge in [-0.15, -0.1) is 0 Å². The number of sulfonamides is 1. The molecular formula is C22H26Cl3N3O4S. The first kappa shape index (κ1) is 27.2. The van der Waals surface area contributed by atoms with Crippen molar-refractivity contribution in [3.8, 4) is 0 Å². The van der Waals surface area contributed by atoms with E-state index in [1.807, 2.05) is 6.92 Å². The number of carbonyl (C=O) groups excluding carboxylic acids is 2. The lowest BCUT2D eigenvalue weighted by atomic mass is 10.1. The predicted molar refractivity (Wildman–Crippen MR) is 133 cm³/mol. The van der Waals surface area contributed by atoms with Crippen molar-refractivity contribution in [2.24, 2.45) is 0 Å². The van der Waals surface area contributed by atoms with Crippen LogP contribution in [-0.2, 0) is 26.2 Å². The highest BCUT2D eigenvalue weighted by Crippen LogP contribution is 2.28. The van der Waals surface area contributed by atoms with E-state index in [9.17, 15) is 18.0 Å². The van der Waals surface area contributed by atoms with E-state index in [-0.39, 0.29) is 28.2 Å². The summed E-state index contributed by atoms with van der Waals surface area (Å²) in [5.74, 6) is -0.889. The molecule has 0 unspecified atom stereocenters. The summed E-state index contributed by atoms with van der Waals surface area (Å²) in [7, 11) is -3.85. The summed E-state index contributed by atoms with van der Waals surface area (Å²) in [6.45, 7) is 3.56. The van der Waals surface area contributed by atoms with E-state index in [4.69, 9.17) is 34.8 Å². The Morgan fingerprint density at radius 2 is 1.67 bits per heavy atom. The molecule has 0 heterocycles. The number of amides is 2. The lowest BCUT2D eigenvalue weighted by molar-refractivity contribution is -0.139. The van der Waals surface area contributed by atoms with Gasteiger partial charge >= 0.3 is 0 Å². The Balaban J connectivity index is 2.38. The highest BCUT2D eigenvalue weighted by molar-refractivity contribution is 7.92. The van der Waals surface area contributed by atoms with Crippen LogP contribution in [-0.4, -0.2) is 50.5 Å². The van der Waals surface area contributed by atoms with Gasteiger partial charge in [-0.2, -0.15) is 0 Å². The first-order valence-electron chi connectivity index (χ1n) is 10.2. The molecule has 1 N–H and O–H groups in total. The second kappa shape index (κ2) is 11.9. The van der Waals surface area contributed by atoms with Gasteiger partial charge in [0.15, 0.2) is 0 Å². The molecule has 7 nitrogen and oxygen atoms in total. The molecule has 0 spiro atoms. The number of hydrogen-bond acceptors (Lipinski definition) is 4. The summed E-state index contributed by atoms with van der Waals surface area (Å²) in [5, 5.41) is 3.72. The van der Waals surface area contributed by atoms with E-state index in [2.05, 4.69) is 5.32 Å². The minimum atomic E-state index is -3.85. The molecule has 0 saturated heterocycles. The fourth-order valence-electron chi connectivity index (χ4n) is 3.02.